The number of nitro benzene ring substituents is 1. The van der Waals surface area contributed by atoms with Crippen LogP contribution in [0.1, 0.15) is 30.1 Å². The Balaban J connectivity index is 2.94. The van der Waals surface area contributed by atoms with E-state index in [9.17, 15) is 14.9 Å². The summed E-state index contributed by atoms with van der Waals surface area (Å²) in [7, 11) is 0. The first-order chi connectivity index (χ1) is 8.06. The molecular weight excluding hydrogens is 224 g/mol. The van der Waals surface area contributed by atoms with Crippen LogP contribution in [0.3, 0.4) is 0 Å². The van der Waals surface area contributed by atoms with Gasteiger partial charge in [0.15, 0.2) is 0 Å². The van der Waals surface area contributed by atoms with E-state index in [1.807, 2.05) is 6.92 Å². The molecule has 6 heteroatoms. The van der Waals surface area contributed by atoms with Gasteiger partial charge in [-0.2, -0.15) is 0 Å². The van der Waals surface area contributed by atoms with Gasteiger partial charge < -0.3 is 10.4 Å². The van der Waals surface area contributed by atoms with Gasteiger partial charge in [-0.05, 0) is 18.6 Å². The van der Waals surface area contributed by atoms with Crippen LogP contribution in [0.5, 0.6) is 0 Å². The monoisotopic (exact) mass is 238 g/mol. The molecule has 1 aromatic rings. The summed E-state index contributed by atoms with van der Waals surface area (Å²) in [5, 5.41) is 22.5. The maximum absolute atomic E-state index is 10.9. The van der Waals surface area contributed by atoms with Crippen molar-refractivity contribution < 1.29 is 14.8 Å². The highest BCUT2D eigenvalue weighted by atomic mass is 16.6. The number of anilines is 1. The van der Waals surface area contributed by atoms with E-state index in [1.54, 1.807) is 0 Å². The number of carbonyl (C=O) groups is 1. The Labute approximate surface area is 98.4 Å². The van der Waals surface area contributed by atoms with Crippen molar-refractivity contribution >= 4 is 17.3 Å². The Morgan fingerprint density at radius 1 is 1.53 bits per heavy atom. The molecule has 6 nitrogen and oxygen atoms in total. The molecule has 0 aliphatic heterocycles. The van der Waals surface area contributed by atoms with Crippen molar-refractivity contribution in [2.24, 2.45) is 0 Å². The van der Waals surface area contributed by atoms with Crippen molar-refractivity contribution in [1.82, 2.24) is 0 Å². The third kappa shape index (κ3) is 3.44. The maximum atomic E-state index is 10.9. The average molecular weight is 238 g/mol. The summed E-state index contributed by atoms with van der Waals surface area (Å²) in [6.07, 6.45) is 1.98. The lowest BCUT2D eigenvalue weighted by molar-refractivity contribution is -0.385. The zero-order valence-corrected chi connectivity index (χ0v) is 9.47. The highest BCUT2D eigenvalue weighted by molar-refractivity contribution is 5.93. The Bertz CT molecular complexity index is 431. The lowest BCUT2D eigenvalue weighted by Gasteiger charge is -2.06. The van der Waals surface area contributed by atoms with Crippen molar-refractivity contribution in [3.05, 3.63) is 33.9 Å². The average Bonchev–Trinajstić information content (AvgIpc) is 2.29. The van der Waals surface area contributed by atoms with Gasteiger partial charge in [-0.15, -0.1) is 0 Å². The molecule has 2 N–H and O–H groups in total. The number of rotatable bonds is 6. The smallest absolute Gasteiger partial charge is 0.342 e. The summed E-state index contributed by atoms with van der Waals surface area (Å²) in [5.74, 6) is -1.30. The summed E-state index contributed by atoms with van der Waals surface area (Å²) < 4.78 is 0. The van der Waals surface area contributed by atoms with Crippen molar-refractivity contribution in [1.29, 1.82) is 0 Å². The number of hydrogen-bond acceptors (Lipinski definition) is 4. The molecule has 17 heavy (non-hydrogen) atoms. The number of unbranched alkanes of at least 4 members (excludes halogenated alkanes) is 1. The molecule has 0 spiro atoms. The van der Waals surface area contributed by atoms with Crippen LogP contribution in [0.25, 0.3) is 0 Å². The fourth-order valence-electron chi connectivity index (χ4n) is 1.39. The Hall–Kier alpha value is -2.11. The molecule has 0 radical (unpaired) electrons. The van der Waals surface area contributed by atoms with Crippen LogP contribution in [0.4, 0.5) is 11.4 Å². The van der Waals surface area contributed by atoms with Gasteiger partial charge in [0.05, 0.1) is 4.92 Å². The molecule has 0 aliphatic rings. The second-order valence-corrected chi connectivity index (χ2v) is 3.57. The first-order valence-electron chi connectivity index (χ1n) is 5.32. The summed E-state index contributed by atoms with van der Waals surface area (Å²) in [5.41, 5.74) is -0.100. The van der Waals surface area contributed by atoms with Gasteiger partial charge in [0, 0.05) is 18.3 Å². The standard InChI is InChI=1S/C11H14N2O4/c1-2-3-6-12-8-4-5-10(13(16)17)9(7-8)11(14)15/h4-5,7,12H,2-3,6H2,1H3,(H,14,15). The second-order valence-electron chi connectivity index (χ2n) is 3.57. The fourth-order valence-corrected chi connectivity index (χ4v) is 1.39. The van der Waals surface area contributed by atoms with E-state index >= 15 is 0 Å². The van der Waals surface area contributed by atoms with E-state index in [0.717, 1.165) is 12.8 Å². The van der Waals surface area contributed by atoms with Gasteiger partial charge in [-0.1, -0.05) is 13.3 Å². The number of nitrogens with one attached hydrogen (secondary N) is 1. The lowest BCUT2D eigenvalue weighted by atomic mass is 10.1. The van der Waals surface area contributed by atoms with Gasteiger partial charge in [0.25, 0.3) is 5.69 Å². The maximum Gasteiger partial charge on any atom is 0.342 e. The van der Waals surface area contributed by atoms with Crippen molar-refractivity contribution in [2.75, 3.05) is 11.9 Å². The third-order valence-electron chi connectivity index (χ3n) is 2.28. The molecule has 0 fully saturated rings. The minimum atomic E-state index is -1.30. The van der Waals surface area contributed by atoms with E-state index in [-0.39, 0.29) is 5.56 Å². The minimum absolute atomic E-state index is 0.295. The molecule has 92 valence electrons. The fraction of sp³-hybridized carbons (Fsp3) is 0.364. The lowest BCUT2D eigenvalue weighted by Crippen LogP contribution is -2.06. The quantitative estimate of drug-likeness (QED) is 0.451. The molecule has 0 aromatic heterocycles. The van der Waals surface area contributed by atoms with Crippen LogP contribution in [0, 0.1) is 10.1 Å². The number of hydrogen-bond donors (Lipinski definition) is 2. The Kier molecular flexibility index (Phi) is 4.45. The topological polar surface area (TPSA) is 92.5 Å². The van der Waals surface area contributed by atoms with E-state index in [2.05, 4.69) is 5.32 Å². The number of carboxylic acid groups (broad SMARTS) is 1. The molecule has 0 aliphatic carbocycles. The summed E-state index contributed by atoms with van der Waals surface area (Å²) in [6, 6.07) is 4.01. The highest BCUT2D eigenvalue weighted by Gasteiger charge is 2.19. The largest absolute Gasteiger partial charge is 0.477 e. The molecule has 0 atom stereocenters. The van der Waals surface area contributed by atoms with Crippen LogP contribution >= 0.6 is 0 Å². The molecule has 0 unspecified atom stereocenters. The molecule has 0 saturated heterocycles. The number of nitro groups is 1. The van der Waals surface area contributed by atoms with Gasteiger partial charge in [0.1, 0.15) is 5.56 Å². The van der Waals surface area contributed by atoms with Gasteiger partial charge >= 0.3 is 5.97 Å². The van der Waals surface area contributed by atoms with Crippen LogP contribution in [-0.4, -0.2) is 22.5 Å². The van der Waals surface area contributed by atoms with Crippen LogP contribution in [0.15, 0.2) is 18.2 Å². The van der Waals surface area contributed by atoms with Crippen molar-refractivity contribution in [3.8, 4) is 0 Å². The second kappa shape index (κ2) is 5.83. The SMILES string of the molecule is CCCCNc1ccc([N+](=O)[O-])c(C(=O)O)c1. The van der Waals surface area contributed by atoms with E-state index in [4.69, 9.17) is 5.11 Å². The number of benzene rings is 1. The number of aromatic carboxylic acids is 1. The van der Waals surface area contributed by atoms with Gasteiger partial charge in [-0.3, -0.25) is 10.1 Å². The van der Waals surface area contributed by atoms with Crippen LogP contribution in [0.2, 0.25) is 0 Å². The number of nitrogens with zero attached hydrogens (tertiary/aromatic N) is 1. The number of carboxylic acids is 1. The first-order valence-corrected chi connectivity index (χ1v) is 5.32. The van der Waals surface area contributed by atoms with Crippen molar-refractivity contribution in [3.63, 3.8) is 0 Å². The third-order valence-corrected chi connectivity index (χ3v) is 2.28. The minimum Gasteiger partial charge on any atom is -0.477 e. The van der Waals surface area contributed by atoms with Crippen LogP contribution in [-0.2, 0) is 0 Å². The molecular formula is C11H14N2O4. The first kappa shape index (κ1) is 13.0. The Morgan fingerprint density at radius 2 is 2.24 bits per heavy atom. The zero-order valence-electron chi connectivity index (χ0n) is 9.47. The normalized spacial score (nSPS) is 9.94. The zero-order chi connectivity index (χ0) is 12.8. The van der Waals surface area contributed by atoms with Crippen molar-refractivity contribution in [2.45, 2.75) is 19.8 Å². The molecule has 1 rings (SSSR count). The molecule has 0 amide bonds. The van der Waals surface area contributed by atoms with Crippen LogP contribution < -0.4 is 5.32 Å². The molecule has 0 saturated carbocycles. The molecule has 0 heterocycles. The van der Waals surface area contributed by atoms with Gasteiger partial charge in [0.2, 0.25) is 0 Å². The van der Waals surface area contributed by atoms with Gasteiger partial charge in [-0.25, -0.2) is 4.79 Å². The highest BCUT2D eigenvalue weighted by Crippen LogP contribution is 2.22. The summed E-state index contributed by atoms with van der Waals surface area (Å²) in [6.45, 7) is 2.76. The van der Waals surface area contributed by atoms with E-state index in [1.165, 1.54) is 18.2 Å². The summed E-state index contributed by atoms with van der Waals surface area (Å²) >= 11 is 0. The van der Waals surface area contributed by atoms with E-state index < -0.39 is 16.6 Å². The molecule has 1 aromatic carbocycles. The molecule has 0 bridgehead atoms. The van der Waals surface area contributed by atoms with E-state index in [0.29, 0.717) is 12.2 Å². The predicted molar refractivity (Wildman–Crippen MR) is 63.5 cm³/mol. The summed E-state index contributed by atoms with van der Waals surface area (Å²) in [4.78, 5) is 20.8. The predicted octanol–water partition coefficient (Wildman–Crippen LogP) is 2.50. The Morgan fingerprint density at radius 3 is 2.76 bits per heavy atom.